The highest BCUT2D eigenvalue weighted by atomic mass is 16.1. The molecule has 8 heteroatoms. The minimum atomic E-state index is -0.0620. The van der Waals surface area contributed by atoms with Crippen LogP contribution in [0.5, 0.6) is 0 Å². The summed E-state index contributed by atoms with van der Waals surface area (Å²) in [7, 11) is 2.12. The Bertz CT molecular complexity index is 1160. The van der Waals surface area contributed by atoms with Crippen LogP contribution in [0.4, 0.5) is 5.95 Å². The number of aryl methyl sites for hydroxylation is 1. The van der Waals surface area contributed by atoms with Crippen molar-refractivity contribution in [3.8, 4) is 0 Å². The Kier molecular flexibility index (Phi) is 5.15. The largest absolute Gasteiger partial charge is 0.368 e. The van der Waals surface area contributed by atoms with Crippen molar-refractivity contribution in [3.63, 3.8) is 0 Å². The van der Waals surface area contributed by atoms with Crippen molar-refractivity contribution in [2.24, 2.45) is 0 Å². The van der Waals surface area contributed by atoms with Crippen LogP contribution in [0.2, 0.25) is 0 Å². The average molecular weight is 418 g/mol. The molecule has 8 nitrogen and oxygen atoms in total. The number of carbonyl (C=O) groups is 1. The second-order valence-corrected chi connectivity index (χ2v) is 8.45. The lowest BCUT2D eigenvalue weighted by Crippen LogP contribution is -2.43. The van der Waals surface area contributed by atoms with Crippen molar-refractivity contribution in [3.05, 3.63) is 59.2 Å². The number of fused-ring (bicyclic) bond motifs is 2. The number of carbonyl (C=O) groups excluding carboxylic acids is 1. The molecule has 3 aromatic heterocycles. The third-order valence-corrected chi connectivity index (χ3v) is 6.27. The van der Waals surface area contributed by atoms with Gasteiger partial charge >= 0.3 is 0 Å². The fourth-order valence-electron chi connectivity index (χ4n) is 4.49. The highest BCUT2D eigenvalue weighted by molar-refractivity contribution is 6.01. The number of amides is 1. The number of nitrogens with zero attached hydrogens (tertiary/aromatic N) is 5. The van der Waals surface area contributed by atoms with Crippen molar-refractivity contribution in [1.82, 2.24) is 29.8 Å². The van der Waals surface area contributed by atoms with Gasteiger partial charge in [-0.05, 0) is 75.5 Å². The molecule has 31 heavy (non-hydrogen) atoms. The van der Waals surface area contributed by atoms with Crippen molar-refractivity contribution in [2.75, 3.05) is 25.9 Å². The fourth-order valence-corrected chi connectivity index (χ4v) is 4.49. The Hall–Kier alpha value is -3.26. The molecule has 1 fully saturated rings. The van der Waals surface area contributed by atoms with Crippen LogP contribution in [-0.4, -0.2) is 56.6 Å². The molecule has 1 aliphatic carbocycles. The number of allylic oxidation sites excluding steroid dienone is 1. The van der Waals surface area contributed by atoms with E-state index in [2.05, 4.69) is 38.4 Å². The van der Waals surface area contributed by atoms with Crippen LogP contribution < -0.4 is 11.1 Å². The number of nitrogens with one attached hydrogen (secondary N) is 1. The normalized spacial score (nSPS) is 17.8. The van der Waals surface area contributed by atoms with Gasteiger partial charge in [0.1, 0.15) is 0 Å². The predicted molar refractivity (Wildman–Crippen MR) is 120 cm³/mol. The molecular formula is C23H27N7O. The van der Waals surface area contributed by atoms with Crippen LogP contribution in [-0.2, 0) is 6.42 Å². The third kappa shape index (κ3) is 3.90. The summed E-state index contributed by atoms with van der Waals surface area (Å²) in [5.41, 5.74) is 11.3. The van der Waals surface area contributed by atoms with Gasteiger partial charge in [0.15, 0.2) is 0 Å². The van der Waals surface area contributed by atoms with Crippen molar-refractivity contribution >= 4 is 22.9 Å². The van der Waals surface area contributed by atoms with E-state index in [1.165, 1.54) is 0 Å². The first kappa shape index (κ1) is 19.7. The van der Waals surface area contributed by atoms with Crippen LogP contribution >= 0.6 is 0 Å². The molecule has 0 spiro atoms. The monoisotopic (exact) mass is 417 g/mol. The van der Waals surface area contributed by atoms with E-state index in [0.29, 0.717) is 11.5 Å². The number of hydrogen-bond donors (Lipinski definition) is 2. The predicted octanol–water partition coefficient (Wildman–Crippen LogP) is 2.30. The SMILES string of the molecule is CN1CCC(NC(=O)c2cnn3ccc(C4=CCCCc5nc(N)ncc54)cc23)CC1. The number of anilines is 1. The first-order valence-electron chi connectivity index (χ1n) is 10.9. The van der Waals surface area contributed by atoms with E-state index >= 15 is 0 Å². The molecule has 0 radical (unpaired) electrons. The number of hydrogen-bond acceptors (Lipinski definition) is 6. The number of likely N-dealkylation sites (tertiary alicyclic amines) is 1. The molecule has 3 N–H and O–H groups in total. The zero-order chi connectivity index (χ0) is 21.4. The van der Waals surface area contributed by atoms with Gasteiger partial charge in [-0.1, -0.05) is 6.08 Å². The number of piperidine rings is 1. The molecule has 0 aromatic carbocycles. The molecule has 0 bridgehead atoms. The maximum absolute atomic E-state index is 13.0. The summed E-state index contributed by atoms with van der Waals surface area (Å²) in [5.74, 6) is 0.243. The standard InChI is InChI=1S/C23H27N7O/c1-29-9-7-16(8-10-29)27-22(31)19-14-26-30-11-6-15(12-21(19)30)17-4-2-3-5-20-18(17)13-25-23(24)28-20/h4,6,11-14,16H,2-3,5,7-10H2,1H3,(H,27,31)(H2,24,25,28). The number of rotatable bonds is 3. The quantitative estimate of drug-likeness (QED) is 0.678. The van der Waals surface area contributed by atoms with Crippen LogP contribution in [0, 0.1) is 0 Å². The van der Waals surface area contributed by atoms with E-state index in [1.807, 2.05) is 24.5 Å². The van der Waals surface area contributed by atoms with Gasteiger partial charge in [-0.25, -0.2) is 14.5 Å². The van der Waals surface area contributed by atoms with Crippen molar-refractivity contribution < 1.29 is 4.79 Å². The topological polar surface area (TPSA) is 101 Å². The zero-order valence-corrected chi connectivity index (χ0v) is 17.7. The molecule has 4 heterocycles. The van der Waals surface area contributed by atoms with Crippen molar-refractivity contribution in [2.45, 2.75) is 38.1 Å². The van der Waals surface area contributed by atoms with E-state index in [-0.39, 0.29) is 11.9 Å². The smallest absolute Gasteiger partial charge is 0.255 e. The van der Waals surface area contributed by atoms with Crippen molar-refractivity contribution in [1.29, 1.82) is 0 Å². The summed E-state index contributed by atoms with van der Waals surface area (Å²) < 4.78 is 1.75. The summed E-state index contributed by atoms with van der Waals surface area (Å²) in [6, 6.07) is 4.27. The Morgan fingerprint density at radius 3 is 2.94 bits per heavy atom. The Labute approximate surface area is 181 Å². The lowest BCUT2D eigenvalue weighted by molar-refractivity contribution is 0.0918. The Morgan fingerprint density at radius 1 is 1.26 bits per heavy atom. The van der Waals surface area contributed by atoms with E-state index in [9.17, 15) is 4.79 Å². The minimum Gasteiger partial charge on any atom is -0.368 e. The maximum atomic E-state index is 13.0. The second-order valence-electron chi connectivity index (χ2n) is 8.45. The van der Waals surface area contributed by atoms with Gasteiger partial charge in [0.2, 0.25) is 5.95 Å². The number of nitrogens with two attached hydrogens (primary N) is 1. The molecule has 160 valence electrons. The molecular weight excluding hydrogens is 390 g/mol. The van der Waals surface area contributed by atoms with Gasteiger partial charge in [0.25, 0.3) is 5.91 Å². The van der Waals surface area contributed by atoms with Gasteiger partial charge in [0, 0.05) is 24.0 Å². The van der Waals surface area contributed by atoms with Crippen LogP contribution in [0.25, 0.3) is 11.1 Å². The van der Waals surface area contributed by atoms with E-state index in [1.54, 1.807) is 10.7 Å². The molecule has 5 rings (SSSR count). The van der Waals surface area contributed by atoms with E-state index in [4.69, 9.17) is 5.73 Å². The molecule has 2 aliphatic rings. The number of nitrogen functional groups attached to an aromatic ring is 1. The lowest BCUT2D eigenvalue weighted by Gasteiger charge is -2.29. The lowest BCUT2D eigenvalue weighted by atomic mass is 9.98. The van der Waals surface area contributed by atoms with Gasteiger partial charge < -0.3 is 16.0 Å². The molecule has 1 saturated heterocycles. The molecule has 1 amide bonds. The van der Waals surface area contributed by atoms with Gasteiger partial charge in [0.05, 0.1) is 23.0 Å². The van der Waals surface area contributed by atoms with Crippen LogP contribution in [0.1, 0.15) is 52.9 Å². The maximum Gasteiger partial charge on any atom is 0.255 e. The minimum absolute atomic E-state index is 0.0620. The van der Waals surface area contributed by atoms with Crippen LogP contribution in [0.3, 0.4) is 0 Å². The Morgan fingerprint density at radius 2 is 2.10 bits per heavy atom. The Balaban J connectivity index is 1.47. The van der Waals surface area contributed by atoms with E-state index < -0.39 is 0 Å². The molecule has 0 saturated carbocycles. The van der Waals surface area contributed by atoms with Crippen LogP contribution in [0.15, 0.2) is 36.8 Å². The summed E-state index contributed by atoms with van der Waals surface area (Å²) >= 11 is 0. The molecule has 3 aromatic rings. The second kappa shape index (κ2) is 8.11. The first-order chi connectivity index (χ1) is 15.1. The molecule has 0 atom stereocenters. The first-order valence-corrected chi connectivity index (χ1v) is 10.9. The summed E-state index contributed by atoms with van der Waals surface area (Å²) in [4.78, 5) is 24.0. The van der Waals surface area contributed by atoms with Gasteiger partial charge in [-0.15, -0.1) is 0 Å². The number of pyridine rings is 1. The van der Waals surface area contributed by atoms with Gasteiger partial charge in [-0.2, -0.15) is 5.10 Å². The highest BCUT2D eigenvalue weighted by Gasteiger charge is 2.22. The zero-order valence-electron chi connectivity index (χ0n) is 17.7. The molecule has 1 aliphatic heterocycles. The fraction of sp³-hybridized carbons (Fsp3) is 0.391. The van der Waals surface area contributed by atoms with E-state index in [0.717, 1.165) is 73.1 Å². The summed E-state index contributed by atoms with van der Waals surface area (Å²) in [6.45, 7) is 2.01. The van der Waals surface area contributed by atoms with Gasteiger partial charge in [-0.3, -0.25) is 4.79 Å². The summed E-state index contributed by atoms with van der Waals surface area (Å²) in [6.07, 6.45) is 12.4. The number of aromatic nitrogens is 4. The highest BCUT2D eigenvalue weighted by Crippen LogP contribution is 2.31. The average Bonchev–Trinajstić information content (AvgIpc) is 3.08. The summed E-state index contributed by atoms with van der Waals surface area (Å²) in [5, 5.41) is 7.59. The molecule has 0 unspecified atom stereocenters. The third-order valence-electron chi connectivity index (χ3n) is 6.27.